The summed E-state index contributed by atoms with van der Waals surface area (Å²) in [5.41, 5.74) is 7.22. The molecule has 1 aliphatic carbocycles. The van der Waals surface area contributed by atoms with E-state index >= 15 is 0 Å². The van der Waals surface area contributed by atoms with Gasteiger partial charge < -0.3 is 4.42 Å². The summed E-state index contributed by atoms with van der Waals surface area (Å²) in [6, 6.07) is 25.2. The van der Waals surface area contributed by atoms with Crippen molar-refractivity contribution in [3.63, 3.8) is 0 Å². The zero-order valence-corrected chi connectivity index (χ0v) is 19.2. The molecule has 0 N–H and O–H groups in total. The molecule has 0 atom stereocenters. The largest absolute Gasteiger partial charge is 0.438 e. The zero-order chi connectivity index (χ0) is 22.4. The van der Waals surface area contributed by atoms with Gasteiger partial charge in [-0.15, -0.1) is 0 Å². The fraction of sp³-hybridized carbons (Fsp3) is 0.267. The van der Waals surface area contributed by atoms with Crippen LogP contribution in [0, 0.1) is 5.92 Å². The molecule has 3 heteroatoms. The van der Waals surface area contributed by atoms with Crippen LogP contribution >= 0.6 is 0 Å². The molecule has 0 unspecified atom stereocenters. The molecule has 0 amide bonds. The summed E-state index contributed by atoms with van der Waals surface area (Å²) in [6.07, 6.45) is 7.34. The number of rotatable bonds is 4. The molecular formula is C30H28N2O. The van der Waals surface area contributed by atoms with Crippen molar-refractivity contribution in [3.8, 4) is 22.5 Å². The molecule has 3 aromatic heterocycles. The minimum atomic E-state index is 0.165. The fourth-order valence-electron chi connectivity index (χ4n) is 5.46. The Labute approximate surface area is 194 Å². The molecule has 33 heavy (non-hydrogen) atoms. The maximum atomic E-state index is 6.12. The van der Waals surface area contributed by atoms with Crippen LogP contribution in [0.5, 0.6) is 0 Å². The highest BCUT2D eigenvalue weighted by Crippen LogP contribution is 2.42. The summed E-state index contributed by atoms with van der Waals surface area (Å²) >= 11 is 0. The minimum Gasteiger partial charge on any atom is -0.438 e. The highest BCUT2D eigenvalue weighted by atomic mass is 16.3. The third kappa shape index (κ3) is 3.52. The zero-order valence-electron chi connectivity index (χ0n) is 19.2. The lowest BCUT2D eigenvalue weighted by Crippen LogP contribution is -2.26. The third-order valence-corrected chi connectivity index (χ3v) is 7.58. The number of furan rings is 1. The Balaban J connectivity index is 1.40. The van der Waals surface area contributed by atoms with E-state index in [0.717, 1.165) is 44.8 Å². The van der Waals surface area contributed by atoms with E-state index in [1.54, 1.807) is 0 Å². The van der Waals surface area contributed by atoms with Crippen molar-refractivity contribution >= 4 is 22.1 Å². The van der Waals surface area contributed by atoms with E-state index in [9.17, 15) is 0 Å². The first-order valence-electron chi connectivity index (χ1n) is 12.0. The number of hydrogen-bond donors (Lipinski definition) is 0. The van der Waals surface area contributed by atoms with E-state index in [-0.39, 0.29) is 5.41 Å². The average Bonchev–Trinajstić information content (AvgIpc) is 3.53. The molecule has 164 valence electrons. The van der Waals surface area contributed by atoms with Crippen LogP contribution in [-0.4, -0.2) is 9.97 Å². The van der Waals surface area contributed by atoms with Gasteiger partial charge in [-0.1, -0.05) is 57.0 Å². The Morgan fingerprint density at radius 3 is 2.42 bits per heavy atom. The quantitative estimate of drug-likeness (QED) is 0.287. The number of pyridine rings is 2. The van der Waals surface area contributed by atoms with E-state index in [1.165, 1.54) is 31.2 Å². The van der Waals surface area contributed by atoms with Crippen molar-refractivity contribution < 1.29 is 4.42 Å². The SMILES string of the molecule is CC(C)(c1ccnc(-c2ccc3oc4nc(-c5ccccc5)ccc4c3c2)c1)C1CCCC1. The van der Waals surface area contributed by atoms with Gasteiger partial charge >= 0.3 is 0 Å². The maximum absolute atomic E-state index is 6.12. The van der Waals surface area contributed by atoms with Crippen molar-refractivity contribution in [2.75, 3.05) is 0 Å². The second-order valence-corrected chi connectivity index (χ2v) is 9.86. The first kappa shape index (κ1) is 20.2. The molecule has 1 saturated carbocycles. The molecule has 2 aromatic carbocycles. The van der Waals surface area contributed by atoms with Crippen LogP contribution in [0.15, 0.2) is 83.4 Å². The van der Waals surface area contributed by atoms with Crippen LogP contribution in [-0.2, 0) is 5.41 Å². The van der Waals surface area contributed by atoms with Gasteiger partial charge in [-0.3, -0.25) is 4.98 Å². The van der Waals surface area contributed by atoms with Gasteiger partial charge in [0.15, 0.2) is 0 Å². The molecule has 0 bridgehead atoms. The molecule has 0 aliphatic heterocycles. The van der Waals surface area contributed by atoms with Gasteiger partial charge in [0.25, 0.3) is 0 Å². The van der Waals surface area contributed by atoms with E-state index in [0.29, 0.717) is 5.71 Å². The number of aromatic nitrogens is 2. The minimum absolute atomic E-state index is 0.165. The molecule has 3 nitrogen and oxygen atoms in total. The number of fused-ring (bicyclic) bond motifs is 3. The second kappa shape index (κ2) is 7.84. The Kier molecular flexibility index (Phi) is 4.79. The predicted octanol–water partition coefficient (Wildman–Crippen LogP) is 8.18. The van der Waals surface area contributed by atoms with Gasteiger partial charge in [0.05, 0.1) is 11.4 Å². The molecule has 0 spiro atoms. The average molecular weight is 433 g/mol. The number of hydrogen-bond acceptors (Lipinski definition) is 3. The first-order valence-corrected chi connectivity index (χ1v) is 12.0. The van der Waals surface area contributed by atoms with Gasteiger partial charge in [-0.25, -0.2) is 4.98 Å². The Morgan fingerprint density at radius 1 is 0.788 bits per heavy atom. The normalized spacial score (nSPS) is 15.0. The fourth-order valence-corrected chi connectivity index (χ4v) is 5.46. The molecule has 6 rings (SSSR count). The molecule has 5 aromatic rings. The van der Waals surface area contributed by atoms with Crippen molar-refractivity contribution in [2.45, 2.75) is 44.9 Å². The van der Waals surface area contributed by atoms with Crippen LogP contribution in [0.3, 0.4) is 0 Å². The summed E-state index contributed by atoms with van der Waals surface area (Å²) < 4.78 is 6.12. The van der Waals surface area contributed by atoms with Crippen molar-refractivity contribution in [2.24, 2.45) is 5.92 Å². The lowest BCUT2D eigenvalue weighted by Gasteiger charge is -2.32. The first-order chi connectivity index (χ1) is 16.1. The maximum Gasteiger partial charge on any atom is 0.227 e. The summed E-state index contributed by atoms with van der Waals surface area (Å²) in [5, 5.41) is 2.12. The molecule has 1 aliphatic rings. The molecule has 0 radical (unpaired) electrons. The van der Waals surface area contributed by atoms with E-state index in [2.05, 4.69) is 62.4 Å². The lowest BCUT2D eigenvalue weighted by atomic mass is 9.72. The number of benzene rings is 2. The summed E-state index contributed by atoms with van der Waals surface area (Å²) in [6.45, 7) is 4.79. The monoisotopic (exact) mass is 432 g/mol. The van der Waals surface area contributed by atoms with Gasteiger partial charge in [-0.05, 0) is 72.2 Å². The summed E-state index contributed by atoms with van der Waals surface area (Å²) in [7, 11) is 0. The van der Waals surface area contributed by atoms with Gasteiger partial charge in [-0.2, -0.15) is 0 Å². The lowest BCUT2D eigenvalue weighted by molar-refractivity contribution is 0.325. The van der Waals surface area contributed by atoms with Gasteiger partial charge in [0.1, 0.15) is 5.58 Å². The van der Waals surface area contributed by atoms with E-state index in [1.807, 2.05) is 30.5 Å². The molecule has 0 saturated heterocycles. The van der Waals surface area contributed by atoms with E-state index < -0.39 is 0 Å². The van der Waals surface area contributed by atoms with Gasteiger partial charge in [0, 0.05) is 28.1 Å². The number of nitrogens with zero attached hydrogens (tertiary/aromatic N) is 2. The van der Waals surface area contributed by atoms with Crippen LogP contribution in [0.4, 0.5) is 0 Å². The third-order valence-electron chi connectivity index (χ3n) is 7.58. The topological polar surface area (TPSA) is 38.9 Å². The second-order valence-electron chi connectivity index (χ2n) is 9.86. The standard InChI is InChI=1S/C30H28N2O/c1-30(2,22-10-6-7-11-22)23-16-17-31-27(19-23)21-12-15-28-25(18-21)24-13-14-26(32-29(24)33-28)20-8-4-3-5-9-20/h3-5,8-9,12-19,22H,6-7,10-11H2,1-2H3. The van der Waals surface area contributed by atoms with Gasteiger partial charge in [0.2, 0.25) is 5.71 Å². The smallest absolute Gasteiger partial charge is 0.227 e. The van der Waals surface area contributed by atoms with Crippen LogP contribution in [0.1, 0.15) is 45.1 Å². The predicted molar refractivity (Wildman–Crippen MR) is 135 cm³/mol. The highest BCUT2D eigenvalue weighted by Gasteiger charge is 2.33. The van der Waals surface area contributed by atoms with E-state index in [4.69, 9.17) is 14.4 Å². The summed E-state index contributed by atoms with van der Waals surface area (Å²) in [4.78, 5) is 9.52. The molecule has 1 fully saturated rings. The Hall–Kier alpha value is -3.46. The Bertz CT molecular complexity index is 1440. The highest BCUT2D eigenvalue weighted by molar-refractivity contribution is 6.05. The Morgan fingerprint density at radius 2 is 1.61 bits per heavy atom. The molecule has 3 heterocycles. The van der Waals surface area contributed by atoms with Crippen LogP contribution < -0.4 is 0 Å². The summed E-state index contributed by atoms with van der Waals surface area (Å²) in [5.74, 6) is 0.748. The van der Waals surface area contributed by atoms with Crippen molar-refractivity contribution in [1.82, 2.24) is 9.97 Å². The van der Waals surface area contributed by atoms with Crippen LogP contribution in [0.25, 0.3) is 44.6 Å². The molecular weight excluding hydrogens is 404 g/mol. The van der Waals surface area contributed by atoms with Crippen LogP contribution in [0.2, 0.25) is 0 Å². The van der Waals surface area contributed by atoms with Crippen molar-refractivity contribution in [1.29, 1.82) is 0 Å². The van der Waals surface area contributed by atoms with Crippen molar-refractivity contribution in [3.05, 3.63) is 84.6 Å².